The van der Waals surface area contributed by atoms with Crippen LogP contribution in [0.2, 0.25) is 10.0 Å². The molecule has 0 fully saturated rings. The zero-order chi connectivity index (χ0) is 11.7. The topological polar surface area (TPSA) is 77.0 Å². The van der Waals surface area contributed by atoms with Crippen molar-refractivity contribution in [3.05, 3.63) is 28.0 Å². The zero-order valence-corrected chi connectivity index (χ0v) is 9.18. The first-order valence-corrected chi connectivity index (χ1v) is 4.82. The molecule has 0 aliphatic heterocycles. The first kappa shape index (κ1) is 11.0. The minimum absolute atomic E-state index is 0.0660. The van der Waals surface area contributed by atoms with E-state index in [1.165, 1.54) is 12.1 Å². The Hall–Kier alpha value is -1.53. The van der Waals surface area contributed by atoms with Gasteiger partial charge in [0.25, 0.3) is 0 Å². The Morgan fingerprint density at radius 1 is 1.25 bits per heavy atom. The van der Waals surface area contributed by atoms with Gasteiger partial charge in [0, 0.05) is 5.69 Å². The van der Waals surface area contributed by atoms with E-state index in [-0.39, 0.29) is 22.1 Å². The normalized spacial score (nSPS) is 10.4. The molecule has 5 nitrogen and oxygen atoms in total. The second-order valence-corrected chi connectivity index (χ2v) is 3.64. The Kier molecular flexibility index (Phi) is 2.84. The van der Waals surface area contributed by atoms with Crippen molar-refractivity contribution in [3.63, 3.8) is 0 Å². The fourth-order valence-corrected chi connectivity index (χ4v) is 1.52. The molecule has 0 spiro atoms. The van der Waals surface area contributed by atoms with E-state index in [1.807, 2.05) is 0 Å². The number of hydrogen-bond donors (Lipinski definition) is 2. The molecule has 1 heterocycles. The molecule has 0 saturated carbocycles. The van der Waals surface area contributed by atoms with Crippen LogP contribution in [0.5, 0.6) is 0 Å². The molecule has 16 heavy (non-hydrogen) atoms. The van der Waals surface area contributed by atoms with Gasteiger partial charge in [-0.15, -0.1) is 0 Å². The van der Waals surface area contributed by atoms with Crippen LogP contribution in [0.15, 0.2) is 16.5 Å². The van der Waals surface area contributed by atoms with Gasteiger partial charge in [0.15, 0.2) is 5.82 Å². The molecule has 0 bridgehead atoms. The van der Waals surface area contributed by atoms with Crippen LogP contribution < -0.4 is 11.1 Å². The van der Waals surface area contributed by atoms with E-state index >= 15 is 0 Å². The summed E-state index contributed by atoms with van der Waals surface area (Å²) in [6.45, 7) is 0. The molecular weight excluding hydrogens is 258 g/mol. The summed E-state index contributed by atoms with van der Waals surface area (Å²) in [5.74, 6) is -0.682. The molecule has 2 aromatic rings. The Morgan fingerprint density at radius 2 is 1.88 bits per heavy atom. The van der Waals surface area contributed by atoms with Crippen molar-refractivity contribution in [3.8, 4) is 0 Å². The van der Waals surface area contributed by atoms with Crippen molar-refractivity contribution in [1.82, 2.24) is 10.2 Å². The van der Waals surface area contributed by atoms with Crippen molar-refractivity contribution in [2.45, 2.75) is 0 Å². The summed E-state index contributed by atoms with van der Waals surface area (Å²) in [7, 11) is 0. The summed E-state index contributed by atoms with van der Waals surface area (Å²) in [6, 6.07) is 2.66. The van der Waals surface area contributed by atoms with E-state index in [0.29, 0.717) is 5.69 Å². The van der Waals surface area contributed by atoms with Gasteiger partial charge in [0.05, 0.1) is 10.0 Å². The van der Waals surface area contributed by atoms with Crippen LogP contribution in [0, 0.1) is 5.82 Å². The van der Waals surface area contributed by atoms with E-state index in [4.69, 9.17) is 33.4 Å². The number of rotatable bonds is 2. The molecule has 0 saturated heterocycles. The molecule has 3 N–H and O–H groups in total. The van der Waals surface area contributed by atoms with Gasteiger partial charge in [-0.3, -0.25) is 0 Å². The van der Waals surface area contributed by atoms with E-state index < -0.39 is 5.82 Å². The quantitative estimate of drug-likeness (QED) is 0.814. The average molecular weight is 263 g/mol. The lowest BCUT2D eigenvalue weighted by Gasteiger charge is -2.03. The second-order valence-electron chi connectivity index (χ2n) is 2.82. The summed E-state index contributed by atoms with van der Waals surface area (Å²) < 4.78 is 18.0. The predicted octanol–water partition coefficient (Wildman–Crippen LogP) is 2.84. The molecule has 84 valence electrons. The van der Waals surface area contributed by atoms with Gasteiger partial charge in [0.2, 0.25) is 0 Å². The standard InChI is InChI=1S/C8H5Cl2FN4O/c9-4-1-3(2-5(10)6(4)11)13-8-15-14-7(12)16-8/h1-2H,(H2,12,14)(H,13,15). The summed E-state index contributed by atoms with van der Waals surface area (Å²) >= 11 is 11.2. The number of nitrogen functional groups attached to an aromatic ring is 1. The number of anilines is 3. The van der Waals surface area contributed by atoms with Gasteiger partial charge in [-0.2, -0.15) is 0 Å². The van der Waals surface area contributed by atoms with Crippen LogP contribution in [0.4, 0.5) is 22.1 Å². The minimum Gasteiger partial charge on any atom is -0.389 e. The maximum atomic E-state index is 13.1. The van der Waals surface area contributed by atoms with E-state index in [9.17, 15) is 4.39 Å². The number of halogens is 3. The van der Waals surface area contributed by atoms with Crippen molar-refractivity contribution in [1.29, 1.82) is 0 Å². The summed E-state index contributed by atoms with van der Waals surface area (Å²) in [6.07, 6.45) is 0. The summed E-state index contributed by atoms with van der Waals surface area (Å²) in [4.78, 5) is 0. The third-order valence-electron chi connectivity index (χ3n) is 1.68. The maximum Gasteiger partial charge on any atom is 0.321 e. The monoisotopic (exact) mass is 262 g/mol. The smallest absolute Gasteiger partial charge is 0.321 e. The molecule has 0 atom stereocenters. The molecule has 0 radical (unpaired) electrons. The van der Waals surface area contributed by atoms with Crippen LogP contribution >= 0.6 is 23.2 Å². The van der Waals surface area contributed by atoms with Gasteiger partial charge >= 0.3 is 12.0 Å². The van der Waals surface area contributed by atoms with Crippen LogP contribution in [-0.2, 0) is 0 Å². The lowest BCUT2D eigenvalue weighted by Crippen LogP contribution is -1.92. The third-order valence-corrected chi connectivity index (χ3v) is 2.23. The molecule has 2 rings (SSSR count). The average Bonchev–Trinajstić information content (AvgIpc) is 2.60. The van der Waals surface area contributed by atoms with Crippen molar-refractivity contribution < 1.29 is 8.81 Å². The second kappa shape index (κ2) is 4.15. The Labute approximate surface area is 99.4 Å². The highest BCUT2D eigenvalue weighted by Gasteiger charge is 2.09. The van der Waals surface area contributed by atoms with Crippen LogP contribution in [0.3, 0.4) is 0 Å². The molecule has 0 amide bonds. The maximum absolute atomic E-state index is 13.1. The van der Waals surface area contributed by atoms with Gasteiger partial charge in [-0.1, -0.05) is 33.4 Å². The van der Waals surface area contributed by atoms with E-state index in [2.05, 4.69) is 15.5 Å². The largest absolute Gasteiger partial charge is 0.389 e. The summed E-state index contributed by atoms with van der Waals surface area (Å²) in [5, 5.41) is 9.45. The predicted molar refractivity (Wildman–Crippen MR) is 58.4 cm³/mol. The fraction of sp³-hybridized carbons (Fsp3) is 0. The molecule has 1 aromatic carbocycles. The van der Waals surface area contributed by atoms with E-state index in [1.54, 1.807) is 0 Å². The number of benzene rings is 1. The van der Waals surface area contributed by atoms with E-state index in [0.717, 1.165) is 0 Å². The lowest BCUT2D eigenvalue weighted by atomic mass is 10.3. The molecule has 8 heteroatoms. The molecule has 0 aliphatic rings. The Morgan fingerprint density at radius 3 is 2.38 bits per heavy atom. The van der Waals surface area contributed by atoms with Crippen molar-refractivity contribution >= 4 is 40.9 Å². The summed E-state index contributed by atoms with van der Waals surface area (Å²) in [5.41, 5.74) is 5.64. The Balaban J connectivity index is 2.28. The fourth-order valence-electron chi connectivity index (χ4n) is 1.04. The number of hydrogen-bond acceptors (Lipinski definition) is 5. The number of nitrogens with zero attached hydrogens (tertiary/aromatic N) is 2. The Bertz CT molecular complexity index is 508. The number of nitrogens with one attached hydrogen (secondary N) is 1. The highest BCUT2D eigenvalue weighted by molar-refractivity contribution is 6.35. The van der Waals surface area contributed by atoms with Gasteiger partial charge in [-0.25, -0.2) is 4.39 Å². The molecular formula is C8H5Cl2FN4O. The first-order valence-electron chi connectivity index (χ1n) is 4.07. The zero-order valence-electron chi connectivity index (χ0n) is 7.67. The molecule has 0 aliphatic carbocycles. The highest BCUT2D eigenvalue weighted by atomic mass is 35.5. The van der Waals surface area contributed by atoms with Gasteiger partial charge in [-0.05, 0) is 12.1 Å². The SMILES string of the molecule is Nc1nnc(Nc2cc(Cl)c(F)c(Cl)c2)o1. The number of aromatic nitrogens is 2. The highest BCUT2D eigenvalue weighted by Crippen LogP contribution is 2.28. The van der Waals surface area contributed by atoms with Crippen LogP contribution in [0.25, 0.3) is 0 Å². The van der Waals surface area contributed by atoms with Crippen molar-refractivity contribution in [2.75, 3.05) is 11.1 Å². The molecule has 1 aromatic heterocycles. The first-order chi connectivity index (χ1) is 7.56. The van der Waals surface area contributed by atoms with Crippen LogP contribution in [0.1, 0.15) is 0 Å². The third kappa shape index (κ3) is 2.17. The van der Waals surface area contributed by atoms with Crippen LogP contribution in [-0.4, -0.2) is 10.2 Å². The molecule has 0 unspecified atom stereocenters. The number of nitrogens with two attached hydrogens (primary N) is 1. The lowest BCUT2D eigenvalue weighted by molar-refractivity contribution is 0.593. The van der Waals surface area contributed by atoms with Gasteiger partial charge < -0.3 is 15.5 Å². The minimum atomic E-state index is -0.682. The van der Waals surface area contributed by atoms with Crippen molar-refractivity contribution in [2.24, 2.45) is 0 Å². The van der Waals surface area contributed by atoms with Gasteiger partial charge in [0.1, 0.15) is 0 Å².